The Morgan fingerprint density at radius 3 is 2.46 bits per heavy atom. The number of methoxy groups -OCH3 is 1. The Labute approximate surface area is 79.1 Å². The molecule has 78 valence electrons. The average Bonchev–Trinajstić information content (AvgIpc) is 2.02. The molecule has 4 nitrogen and oxygen atoms in total. The van der Waals surface area contributed by atoms with Gasteiger partial charge in [0.25, 0.3) is 0 Å². The van der Waals surface area contributed by atoms with Gasteiger partial charge in [0.05, 0.1) is 19.6 Å². The lowest BCUT2D eigenvalue weighted by Gasteiger charge is -2.19. The van der Waals surface area contributed by atoms with Crippen LogP contribution in [0.2, 0.25) is 0 Å². The number of carbonyl (C=O) groups excluding carboxylic acids is 1. The molecule has 0 heterocycles. The van der Waals surface area contributed by atoms with E-state index in [2.05, 4.69) is 4.74 Å². The fraction of sp³-hybridized carbons (Fsp3) is 0.889. The quantitative estimate of drug-likeness (QED) is 0.609. The largest absolute Gasteiger partial charge is 0.469 e. The molecular formula is C9H19NO3. The van der Waals surface area contributed by atoms with Crippen LogP contribution >= 0.6 is 0 Å². The molecule has 0 saturated carbocycles. The molecule has 0 fully saturated rings. The first-order chi connectivity index (χ1) is 5.97. The van der Waals surface area contributed by atoms with Crippen molar-refractivity contribution in [2.75, 3.05) is 7.11 Å². The Hall–Kier alpha value is -0.610. The highest BCUT2D eigenvalue weighted by molar-refractivity contribution is 5.69. The van der Waals surface area contributed by atoms with Crippen LogP contribution in [0.4, 0.5) is 0 Å². The maximum Gasteiger partial charge on any atom is 0.308 e. The smallest absolute Gasteiger partial charge is 0.308 e. The van der Waals surface area contributed by atoms with Gasteiger partial charge < -0.3 is 15.6 Å². The molecule has 0 spiro atoms. The summed E-state index contributed by atoms with van der Waals surface area (Å²) in [7, 11) is 1.29. The number of rotatable bonds is 5. The summed E-state index contributed by atoms with van der Waals surface area (Å²) in [5.74, 6) is -0.00555. The molecule has 0 amide bonds. The summed E-state index contributed by atoms with van der Waals surface area (Å²) < 4.78 is 4.42. The van der Waals surface area contributed by atoms with E-state index in [1.807, 2.05) is 13.8 Å². The van der Waals surface area contributed by atoms with E-state index in [1.54, 1.807) is 0 Å². The van der Waals surface area contributed by atoms with Gasteiger partial charge in [-0.2, -0.15) is 0 Å². The molecule has 3 N–H and O–H groups in total. The Bertz CT molecular complexity index is 159. The fourth-order valence-electron chi connectivity index (χ4n) is 1.11. The first-order valence-corrected chi connectivity index (χ1v) is 4.47. The van der Waals surface area contributed by atoms with E-state index >= 15 is 0 Å². The van der Waals surface area contributed by atoms with Crippen molar-refractivity contribution in [2.24, 2.45) is 11.7 Å². The van der Waals surface area contributed by atoms with Crippen LogP contribution in [0, 0.1) is 5.92 Å². The van der Waals surface area contributed by atoms with Gasteiger partial charge in [0.1, 0.15) is 0 Å². The molecule has 13 heavy (non-hydrogen) atoms. The maximum absolute atomic E-state index is 10.8. The van der Waals surface area contributed by atoms with Crippen LogP contribution in [0.15, 0.2) is 0 Å². The van der Waals surface area contributed by atoms with Crippen molar-refractivity contribution in [3.05, 3.63) is 0 Å². The monoisotopic (exact) mass is 189 g/mol. The number of nitrogens with two attached hydrogens (primary N) is 1. The molecule has 0 rings (SSSR count). The zero-order chi connectivity index (χ0) is 10.4. The molecule has 0 aromatic rings. The van der Waals surface area contributed by atoms with Gasteiger partial charge in [-0.25, -0.2) is 0 Å². The number of carbonyl (C=O) groups is 1. The minimum atomic E-state index is -0.796. The normalized spacial score (nSPS) is 15.5. The van der Waals surface area contributed by atoms with Crippen molar-refractivity contribution in [1.29, 1.82) is 0 Å². The first kappa shape index (κ1) is 12.4. The Kier molecular flexibility index (Phi) is 5.66. The molecule has 0 saturated heterocycles. The first-order valence-electron chi connectivity index (χ1n) is 4.47. The van der Waals surface area contributed by atoms with Gasteiger partial charge in [-0.1, -0.05) is 13.8 Å². The molecule has 0 aromatic heterocycles. The van der Waals surface area contributed by atoms with Crippen molar-refractivity contribution < 1.29 is 14.6 Å². The summed E-state index contributed by atoms with van der Waals surface area (Å²) >= 11 is 0. The molecule has 0 bridgehead atoms. The van der Waals surface area contributed by atoms with E-state index in [-0.39, 0.29) is 12.5 Å². The van der Waals surface area contributed by atoms with Crippen molar-refractivity contribution in [1.82, 2.24) is 0 Å². The number of ether oxygens (including phenoxy) is 1. The van der Waals surface area contributed by atoms with Crippen LogP contribution in [-0.4, -0.2) is 30.3 Å². The van der Waals surface area contributed by atoms with E-state index in [9.17, 15) is 9.90 Å². The number of hydrogen-bond acceptors (Lipinski definition) is 4. The predicted molar refractivity (Wildman–Crippen MR) is 50.1 cm³/mol. The van der Waals surface area contributed by atoms with Crippen LogP contribution in [0.3, 0.4) is 0 Å². The third-order valence-electron chi connectivity index (χ3n) is 1.84. The third-order valence-corrected chi connectivity index (χ3v) is 1.84. The molecule has 0 radical (unpaired) electrons. The average molecular weight is 189 g/mol. The standard InChI is InChI=1S/C9H19NO3/c1-6(2)4-7(10)8(11)5-9(12)13-3/h6-8,11H,4-5,10H2,1-3H3/t7-,8?/m0/s1. The molecule has 0 aliphatic heterocycles. The summed E-state index contributed by atoms with van der Waals surface area (Å²) in [6, 6.07) is -0.348. The van der Waals surface area contributed by atoms with Gasteiger partial charge in [-0.3, -0.25) is 4.79 Å². The predicted octanol–water partition coefficient (Wildman–Crippen LogP) is 0.284. The van der Waals surface area contributed by atoms with E-state index < -0.39 is 12.1 Å². The summed E-state index contributed by atoms with van der Waals surface area (Å²) in [6.07, 6.45) is -0.113. The molecule has 4 heteroatoms. The topological polar surface area (TPSA) is 72.5 Å². The molecule has 1 unspecified atom stereocenters. The lowest BCUT2D eigenvalue weighted by atomic mass is 9.98. The zero-order valence-electron chi connectivity index (χ0n) is 8.49. The van der Waals surface area contributed by atoms with E-state index in [0.717, 1.165) is 0 Å². The van der Waals surface area contributed by atoms with Crippen molar-refractivity contribution in [3.63, 3.8) is 0 Å². The highest BCUT2D eigenvalue weighted by Crippen LogP contribution is 2.08. The Balaban J connectivity index is 3.81. The highest BCUT2D eigenvalue weighted by Gasteiger charge is 2.19. The highest BCUT2D eigenvalue weighted by atomic mass is 16.5. The van der Waals surface area contributed by atoms with Crippen molar-refractivity contribution >= 4 is 5.97 Å². The SMILES string of the molecule is COC(=O)CC(O)[C@@H](N)CC(C)C. The van der Waals surface area contributed by atoms with Gasteiger partial charge in [0.15, 0.2) is 0 Å². The summed E-state index contributed by atoms with van der Waals surface area (Å²) in [6.45, 7) is 4.04. The van der Waals surface area contributed by atoms with E-state index in [0.29, 0.717) is 12.3 Å². The van der Waals surface area contributed by atoms with Gasteiger partial charge in [-0.15, -0.1) is 0 Å². The number of aliphatic hydroxyl groups is 1. The maximum atomic E-state index is 10.8. The van der Waals surface area contributed by atoms with Gasteiger partial charge in [0, 0.05) is 6.04 Å². The molecule has 0 aromatic carbocycles. The van der Waals surface area contributed by atoms with Crippen LogP contribution in [0.1, 0.15) is 26.7 Å². The van der Waals surface area contributed by atoms with Crippen LogP contribution < -0.4 is 5.73 Å². The Morgan fingerprint density at radius 2 is 2.08 bits per heavy atom. The van der Waals surface area contributed by atoms with Crippen LogP contribution in [0.5, 0.6) is 0 Å². The van der Waals surface area contributed by atoms with Gasteiger partial charge in [0.2, 0.25) is 0 Å². The van der Waals surface area contributed by atoms with Crippen molar-refractivity contribution in [2.45, 2.75) is 38.8 Å². The second kappa shape index (κ2) is 5.94. The third kappa shape index (κ3) is 5.60. The van der Waals surface area contributed by atoms with Gasteiger partial charge >= 0.3 is 5.97 Å². The summed E-state index contributed by atoms with van der Waals surface area (Å²) in [4.78, 5) is 10.8. The van der Waals surface area contributed by atoms with E-state index in [1.165, 1.54) is 7.11 Å². The number of esters is 1. The van der Waals surface area contributed by atoms with E-state index in [4.69, 9.17) is 5.73 Å². The summed E-state index contributed by atoms with van der Waals surface area (Å²) in [5.41, 5.74) is 5.66. The zero-order valence-corrected chi connectivity index (χ0v) is 8.49. The minimum Gasteiger partial charge on any atom is -0.469 e. The van der Waals surface area contributed by atoms with Crippen LogP contribution in [0.25, 0.3) is 0 Å². The lowest BCUT2D eigenvalue weighted by molar-refractivity contribution is -0.143. The second-order valence-electron chi connectivity index (χ2n) is 3.64. The van der Waals surface area contributed by atoms with Crippen LogP contribution in [-0.2, 0) is 9.53 Å². The number of aliphatic hydroxyl groups excluding tert-OH is 1. The second-order valence-corrected chi connectivity index (χ2v) is 3.64. The lowest BCUT2D eigenvalue weighted by Crippen LogP contribution is -2.37. The molecular weight excluding hydrogens is 170 g/mol. The summed E-state index contributed by atoms with van der Waals surface area (Å²) in [5, 5.41) is 9.44. The minimum absolute atomic E-state index is 0.0234. The van der Waals surface area contributed by atoms with Gasteiger partial charge in [-0.05, 0) is 12.3 Å². The van der Waals surface area contributed by atoms with Crippen molar-refractivity contribution in [3.8, 4) is 0 Å². The molecule has 0 aliphatic carbocycles. The molecule has 2 atom stereocenters. The molecule has 0 aliphatic rings. The Morgan fingerprint density at radius 1 is 1.54 bits per heavy atom. The number of hydrogen-bond donors (Lipinski definition) is 2. The fourth-order valence-corrected chi connectivity index (χ4v) is 1.11.